The van der Waals surface area contributed by atoms with Crippen LogP contribution in [0.1, 0.15) is 5.76 Å². The van der Waals surface area contributed by atoms with Crippen molar-refractivity contribution < 1.29 is 9.15 Å². The maximum atomic E-state index is 12.5. The third-order valence-electron chi connectivity index (χ3n) is 4.37. The van der Waals surface area contributed by atoms with Crippen molar-refractivity contribution in [2.75, 3.05) is 26.3 Å². The van der Waals surface area contributed by atoms with E-state index in [1.807, 2.05) is 48.5 Å². The largest absolute Gasteiger partial charge is 0.459 e. The first-order chi connectivity index (χ1) is 11.8. The average Bonchev–Trinajstić information content (AvgIpc) is 2.63. The van der Waals surface area contributed by atoms with E-state index in [1.165, 1.54) is 0 Å². The molecule has 2 aromatic carbocycles. The van der Waals surface area contributed by atoms with Gasteiger partial charge in [-0.3, -0.25) is 9.69 Å². The molecule has 0 bridgehead atoms. The molecule has 2 heterocycles. The molecule has 0 spiro atoms. The van der Waals surface area contributed by atoms with Crippen LogP contribution < -0.4 is 5.43 Å². The highest BCUT2D eigenvalue weighted by molar-refractivity contribution is 5.91. The summed E-state index contributed by atoms with van der Waals surface area (Å²) in [5.41, 5.74) is 2.68. The molecule has 122 valence electrons. The van der Waals surface area contributed by atoms with Gasteiger partial charge >= 0.3 is 0 Å². The second kappa shape index (κ2) is 6.59. The lowest BCUT2D eigenvalue weighted by Crippen LogP contribution is -2.35. The normalized spacial score (nSPS) is 15.7. The first-order valence-corrected chi connectivity index (χ1v) is 8.22. The minimum Gasteiger partial charge on any atom is -0.459 e. The number of nitrogens with zero attached hydrogens (tertiary/aromatic N) is 1. The van der Waals surface area contributed by atoms with Gasteiger partial charge in [-0.25, -0.2) is 0 Å². The monoisotopic (exact) mass is 321 g/mol. The zero-order valence-electron chi connectivity index (χ0n) is 13.4. The maximum absolute atomic E-state index is 12.5. The van der Waals surface area contributed by atoms with Crippen molar-refractivity contribution in [1.82, 2.24) is 4.90 Å². The van der Waals surface area contributed by atoms with Crippen LogP contribution in [0.3, 0.4) is 0 Å². The third kappa shape index (κ3) is 2.98. The molecular formula is C20H19NO3. The first kappa shape index (κ1) is 15.1. The second-order valence-electron chi connectivity index (χ2n) is 6.01. The molecule has 0 N–H and O–H groups in total. The molecule has 0 radical (unpaired) electrons. The van der Waals surface area contributed by atoms with E-state index >= 15 is 0 Å². The number of hydrogen-bond acceptors (Lipinski definition) is 4. The van der Waals surface area contributed by atoms with Crippen LogP contribution in [0.2, 0.25) is 0 Å². The lowest BCUT2D eigenvalue weighted by Gasteiger charge is -2.25. The lowest BCUT2D eigenvalue weighted by atomic mass is 10.0. The molecule has 1 aliphatic heterocycles. The summed E-state index contributed by atoms with van der Waals surface area (Å²) < 4.78 is 11.5. The summed E-state index contributed by atoms with van der Waals surface area (Å²) in [5, 5.41) is 0.627. The van der Waals surface area contributed by atoms with E-state index in [1.54, 1.807) is 6.07 Å². The lowest BCUT2D eigenvalue weighted by molar-refractivity contribution is 0.0314. The number of hydrogen-bond donors (Lipinski definition) is 0. The van der Waals surface area contributed by atoms with Crippen molar-refractivity contribution in [2.24, 2.45) is 0 Å². The Morgan fingerprint density at radius 2 is 1.75 bits per heavy atom. The van der Waals surface area contributed by atoms with Gasteiger partial charge in [-0.05, 0) is 11.6 Å². The Morgan fingerprint density at radius 1 is 0.958 bits per heavy atom. The van der Waals surface area contributed by atoms with Gasteiger partial charge in [-0.2, -0.15) is 0 Å². The zero-order valence-corrected chi connectivity index (χ0v) is 13.4. The number of ether oxygens (including phenoxy) is 1. The maximum Gasteiger partial charge on any atom is 0.193 e. The van der Waals surface area contributed by atoms with Gasteiger partial charge in [-0.1, -0.05) is 42.5 Å². The van der Waals surface area contributed by atoms with Gasteiger partial charge in [0.15, 0.2) is 5.43 Å². The van der Waals surface area contributed by atoms with Gasteiger partial charge < -0.3 is 9.15 Å². The summed E-state index contributed by atoms with van der Waals surface area (Å²) in [7, 11) is 0. The minimum absolute atomic E-state index is 0.0114. The smallest absolute Gasteiger partial charge is 0.193 e. The summed E-state index contributed by atoms with van der Waals surface area (Å²) >= 11 is 0. The van der Waals surface area contributed by atoms with Gasteiger partial charge in [0.2, 0.25) is 0 Å². The van der Waals surface area contributed by atoms with E-state index in [2.05, 4.69) is 4.90 Å². The Kier molecular flexibility index (Phi) is 4.15. The fraction of sp³-hybridized carbons (Fsp3) is 0.250. The van der Waals surface area contributed by atoms with Crippen molar-refractivity contribution in [3.8, 4) is 11.1 Å². The van der Waals surface area contributed by atoms with Crippen LogP contribution in [-0.2, 0) is 11.3 Å². The van der Waals surface area contributed by atoms with Gasteiger partial charge in [0.1, 0.15) is 11.3 Å². The summed E-state index contributed by atoms with van der Waals surface area (Å²) in [6.45, 7) is 3.82. The van der Waals surface area contributed by atoms with E-state index < -0.39 is 0 Å². The number of morpholine rings is 1. The molecule has 0 atom stereocenters. The van der Waals surface area contributed by atoms with Crippen LogP contribution in [0.4, 0.5) is 0 Å². The van der Waals surface area contributed by atoms with E-state index in [0.717, 1.165) is 37.4 Å². The number of para-hydroxylation sites is 1. The van der Waals surface area contributed by atoms with Crippen molar-refractivity contribution in [3.05, 3.63) is 70.6 Å². The molecule has 24 heavy (non-hydrogen) atoms. The van der Waals surface area contributed by atoms with Gasteiger partial charge in [0.25, 0.3) is 0 Å². The van der Waals surface area contributed by atoms with Crippen LogP contribution in [0.25, 0.3) is 22.1 Å². The summed E-state index contributed by atoms with van der Waals surface area (Å²) in [4.78, 5) is 14.8. The van der Waals surface area contributed by atoms with E-state index in [0.29, 0.717) is 23.3 Å². The molecule has 4 nitrogen and oxygen atoms in total. The molecule has 1 aromatic heterocycles. The molecule has 0 amide bonds. The second-order valence-corrected chi connectivity index (χ2v) is 6.01. The van der Waals surface area contributed by atoms with Gasteiger partial charge in [0, 0.05) is 24.7 Å². The third-order valence-corrected chi connectivity index (χ3v) is 4.37. The number of rotatable bonds is 3. The van der Waals surface area contributed by atoms with E-state index in [4.69, 9.17) is 9.15 Å². The fourth-order valence-electron chi connectivity index (χ4n) is 3.13. The predicted octanol–water partition coefficient (Wildman–Crippen LogP) is 3.29. The standard InChI is InChI=1S/C20H19NO3/c22-19-13-16(14-21-9-11-23-12-10-21)24-20-17(7-4-8-18(19)20)15-5-2-1-3-6-15/h1-8,13H,9-12,14H2. The van der Waals surface area contributed by atoms with Gasteiger partial charge in [0.05, 0.1) is 25.1 Å². The van der Waals surface area contributed by atoms with E-state index in [-0.39, 0.29) is 5.43 Å². The van der Waals surface area contributed by atoms with Gasteiger partial charge in [-0.15, -0.1) is 0 Å². The summed E-state index contributed by atoms with van der Waals surface area (Å²) in [6, 6.07) is 17.4. The summed E-state index contributed by atoms with van der Waals surface area (Å²) in [5.74, 6) is 0.706. The molecule has 0 saturated carbocycles. The molecule has 1 fully saturated rings. The fourth-order valence-corrected chi connectivity index (χ4v) is 3.13. The Hall–Kier alpha value is -2.43. The molecule has 3 aromatic rings. The quantitative estimate of drug-likeness (QED) is 0.742. The van der Waals surface area contributed by atoms with Crippen LogP contribution >= 0.6 is 0 Å². The predicted molar refractivity (Wildman–Crippen MR) is 94.0 cm³/mol. The Labute approximate surface area is 140 Å². The highest BCUT2D eigenvalue weighted by atomic mass is 16.5. The molecule has 4 heteroatoms. The molecule has 0 aliphatic carbocycles. The SMILES string of the molecule is O=c1cc(CN2CCOCC2)oc2c(-c3ccccc3)cccc12. The van der Waals surface area contributed by atoms with Crippen LogP contribution in [0.15, 0.2) is 63.8 Å². The summed E-state index contributed by atoms with van der Waals surface area (Å²) in [6.07, 6.45) is 0. The van der Waals surface area contributed by atoms with E-state index in [9.17, 15) is 4.79 Å². The number of fused-ring (bicyclic) bond motifs is 1. The Morgan fingerprint density at radius 3 is 2.54 bits per heavy atom. The zero-order chi connectivity index (χ0) is 16.4. The Balaban J connectivity index is 1.79. The van der Waals surface area contributed by atoms with Crippen LogP contribution in [0, 0.1) is 0 Å². The molecule has 1 aliphatic rings. The van der Waals surface area contributed by atoms with Crippen molar-refractivity contribution in [3.63, 3.8) is 0 Å². The molecule has 4 rings (SSSR count). The van der Waals surface area contributed by atoms with Crippen molar-refractivity contribution >= 4 is 11.0 Å². The topological polar surface area (TPSA) is 42.7 Å². The van der Waals surface area contributed by atoms with Crippen LogP contribution in [0.5, 0.6) is 0 Å². The highest BCUT2D eigenvalue weighted by Gasteiger charge is 2.15. The average molecular weight is 321 g/mol. The van der Waals surface area contributed by atoms with Crippen molar-refractivity contribution in [2.45, 2.75) is 6.54 Å². The Bertz CT molecular complexity index is 896. The molecule has 0 unspecified atom stereocenters. The molecule has 1 saturated heterocycles. The van der Waals surface area contributed by atoms with Crippen LogP contribution in [-0.4, -0.2) is 31.2 Å². The molecular weight excluding hydrogens is 302 g/mol. The number of benzene rings is 2. The minimum atomic E-state index is 0.0114. The first-order valence-electron chi connectivity index (χ1n) is 8.22. The highest BCUT2D eigenvalue weighted by Crippen LogP contribution is 2.28. The van der Waals surface area contributed by atoms with Crippen molar-refractivity contribution in [1.29, 1.82) is 0 Å².